The molecule has 1 aromatic carbocycles. The lowest BCUT2D eigenvalue weighted by Crippen LogP contribution is -2.36. The number of aliphatic hydroxyl groups is 1. The molecule has 0 aromatic heterocycles. The SMILES string of the molecule is N[C@@H](c1ccccc1OC(F)(F)C(F)F)[C@H](O)C1CCCCC1. The first-order chi connectivity index (χ1) is 10.8. The van der Waals surface area contributed by atoms with Crippen LogP contribution in [0.15, 0.2) is 24.3 Å². The average molecular weight is 335 g/mol. The summed E-state index contributed by atoms with van der Waals surface area (Å²) in [5.74, 6) is -0.456. The topological polar surface area (TPSA) is 55.5 Å². The predicted molar refractivity (Wildman–Crippen MR) is 77.5 cm³/mol. The average Bonchev–Trinajstić information content (AvgIpc) is 2.54. The van der Waals surface area contributed by atoms with Gasteiger partial charge in [0, 0.05) is 5.56 Å². The van der Waals surface area contributed by atoms with Crippen LogP contribution in [0.5, 0.6) is 5.75 Å². The van der Waals surface area contributed by atoms with E-state index in [1.165, 1.54) is 18.2 Å². The second-order valence-corrected chi connectivity index (χ2v) is 5.92. The lowest BCUT2D eigenvalue weighted by molar-refractivity contribution is -0.253. The lowest BCUT2D eigenvalue weighted by atomic mass is 9.81. The van der Waals surface area contributed by atoms with Gasteiger partial charge in [-0.15, -0.1) is 0 Å². The number of para-hydroxylation sites is 1. The zero-order chi connectivity index (χ0) is 17.0. The highest BCUT2D eigenvalue weighted by atomic mass is 19.3. The van der Waals surface area contributed by atoms with Crippen molar-refractivity contribution in [2.75, 3.05) is 0 Å². The molecule has 3 N–H and O–H groups in total. The maximum Gasteiger partial charge on any atom is 0.461 e. The molecule has 0 unspecified atom stereocenters. The van der Waals surface area contributed by atoms with E-state index in [4.69, 9.17) is 5.73 Å². The molecule has 0 saturated heterocycles. The summed E-state index contributed by atoms with van der Waals surface area (Å²) in [4.78, 5) is 0. The number of alkyl halides is 4. The number of hydrogen-bond donors (Lipinski definition) is 2. The maximum absolute atomic E-state index is 13.2. The first kappa shape index (κ1) is 18.0. The van der Waals surface area contributed by atoms with Gasteiger partial charge in [-0.25, -0.2) is 0 Å². The second kappa shape index (κ2) is 7.49. The Labute approximate surface area is 132 Å². The van der Waals surface area contributed by atoms with E-state index in [-0.39, 0.29) is 11.5 Å². The highest BCUT2D eigenvalue weighted by Gasteiger charge is 2.44. The van der Waals surface area contributed by atoms with Crippen molar-refractivity contribution >= 4 is 0 Å². The Balaban J connectivity index is 2.18. The fourth-order valence-corrected chi connectivity index (χ4v) is 2.99. The number of hydrogen-bond acceptors (Lipinski definition) is 3. The molecule has 0 spiro atoms. The molecule has 1 aliphatic carbocycles. The number of rotatable bonds is 6. The summed E-state index contributed by atoms with van der Waals surface area (Å²) < 4.78 is 55.1. The van der Waals surface area contributed by atoms with Crippen LogP contribution in [-0.2, 0) is 0 Å². The highest BCUT2D eigenvalue weighted by molar-refractivity contribution is 5.36. The lowest BCUT2D eigenvalue weighted by Gasteiger charge is -2.31. The zero-order valence-electron chi connectivity index (χ0n) is 12.6. The van der Waals surface area contributed by atoms with E-state index < -0.39 is 30.4 Å². The quantitative estimate of drug-likeness (QED) is 0.776. The van der Waals surface area contributed by atoms with Crippen molar-refractivity contribution in [3.05, 3.63) is 29.8 Å². The molecule has 130 valence electrons. The molecule has 7 heteroatoms. The maximum atomic E-state index is 13.2. The van der Waals surface area contributed by atoms with Gasteiger partial charge in [-0.3, -0.25) is 0 Å². The van der Waals surface area contributed by atoms with E-state index in [1.54, 1.807) is 0 Å². The molecule has 23 heavy (non-hydrogen) atoms. The summed E-state index contributed by atoms with van der Waals surface area (Å²) in [6.45, 7) is 0. The van der Waals surface area contributed by atoms with Crippen molar-refractivity contribution in [1.29, 1.82) is 0 Å². The molecule has 3 nitrogen and oxygen atoms in total. The van der Waals surface area contributed by atoms with E-state index in [0.717, 1.165) is 38.2 Å². The molecule has 1 saturated carbocycles. The molecule has 0 aliphatic heterocycles. The van der Waals surface area contributed by atoms with Crippen LogP contribution in [0.1, 0.15) is 43.7 Å². The molecule has 1 fully saturated rings. The van der Waals surface area contributed by atoms with Crippen LogP contribution in [0.25, 0.3) is 0 Å². The van der Waals surface area contributed by atoms with Crippen LogP contribution in [0.3, 0.4) is 0 Å². The van der Waals surface area contributed by atoms with E-state index in [9.17, 15) is 22.7 Å². The van der Waals surface area contributed by atoms with E-state index in [1.807, 2.05) is 0 Å². The van der Waals surface area contributed by atoms with Crippen LogP contribution in [0.2, 0.25) is 0 Å². The van der Waals surface area contributed by atoms with E-state index in [0.29, 0.717) is 0 Å². The molecule has 1 aliphatic rings. The van der Waals surface area contributed by atoms with Crippen molar-refractivity contribution in [1.82, 2.24) is 0 Å². The van der Waals surface area contributed by atoms with Crippen molar-refractivity contribution < 1.29 is 27.4 Å². The smallest absolute Gasteiger partial charge is 0.428 e. The van der Waals surface area contributed by atoms with Crippen molar-refractivity contribution in [2.24, 2.45) is 11.7 Å². The molecule has 0 bridgehead atoms. The molecular formula is C16H21F4NO2. The third kappa shape index (κ3) is 4.35. The van der Waals surface area contributed by atoms with Gasteiger partial charge in [0.05, 0.1) is 12.1 Å². The monoisotopic (exact) mass is 335 g/mol. The van der Waals surface area contributed by atoms with Gasteiger partial charge in [-0.1, -0.05) is 37.5 Å². The van der Waals surface area contributed by atoms with Crippen molar-refractivity contribution in [3.63, 3.8) is 0 Å². The molecule has 2 rings (SSSR count). The second-order valence-electron chi connectivity index (χ2n) is 5.92. The van der Waals surface area contributed by atoms with Gasteiger partial charge in [0.2, 0.25) is 0 Å². The molecular weight excluding hydrogens is 314 g/mol. The van der Waals surface area contributed by atoms with Crippen LogP contribution in [0, 0.1) is 5.92 Å². The third-order valence-corrected chi connectivity index (χ3v) is 4.28. The normalized spacial score (nSPS) is 19.6. The van der Waals surface area contributed by atoms with E-state index in [2.05, 4.69) is 4.74 Å². The largest absolute Gasteiger partial charge is 0.461 e. The van der Waals surface area contributed by atoms with Gasteiger partial charge in [0.1, 0.15) is 5.75 Å². The summed E-state index contributed by atoms with van der Waals surface area (Å²) in [5, 5.41) is 10.4. The van der Waals surface area contributed by atoms with Gasteiger partial charge in [0.15, 0.2) is 0 Å². The summed E-state index contributed by atoms with van der Waals surface area (Å²) in [6, 6.07) is 4.52. The first-order valence-electron chi connectivity index (χ1n) is 7.70. The molecule has 0 amide bonds. The van der Waals surface area contributed by atoms with Gasteiger partial charge >= 0.3 is 12.5 Å². The number of benzene rings is 1. The van der Waals surface area contributed by atoms with Gasteiger partial charge in [0.25, 0.3) is 0 Å². The minimum Gasteiger partial charge on any atom is -0.428 e. The highest BCUT2D eigenvalue weighted by Crippen LogP contribution is 2.36. The summed E-state index contributed by atoms with van der Waals surface area (Å²) in [5.41, 5.74) is 6.11. The van der Waals surface area contributed by atoms with Crippen LogP contribution >= 0.6 is 0 Å². The molecule has 0 heterocycles. The van der Waals surface area contributed by atoms with Crippen LogP contribution < -0.4 is 10.5 Å². The van der Waals surface area contributed by atoms with Gasteiger partial charge < -0.3 is 15.6 Å². The molecule has 0 radical (unpaired) electrons. The van der Waals surface area contributed by atoms with Crippen LogP contribution in [0.4, 0.5) is 17.6 Å². The summed E-state index contributed by atoms with van der Waals surface area (Å²) in [6.07, 6.45) is -4.80. The number of ether oxygens (including phenoxy) is 1. The fourth-order valence-electron chi connectivity index (χ4n) is 2.99. The minimum atomic E-state index is -4.61. The minimum absolute atomic E-state index is 0.0255. The summed E-state index contributed by atoms with van der Waals surface area (Å²) >= 11 is 0. The number of halogens is 4. The Kier molecular flexibility index (Phi) is 5.86. The van der Waals surface area contributed by atoms with E-state index >= 15 is 0 Å². The molecule has 2 atom stereocenters. The fraction of sp³-hybridized carbons (Fsp3) is 0.625. The van der Waals surface area contributed by atoms with Gasteiger partial charge in [-0.2, -0.15) is 17.6 Å². The zero-order valence-corrected chi connectivity index (χ0v) is 12.6. The van der Waals surface area contributed by atoms with Crippen molar-refractivity contribution in [2.45, 2.75) is 56.8 Å². The summed E-state index contributed by atoms with van der Waals surface area (Å²) in [7, 11) is 0. The Morgan fingerprint density at radius 3 is 2.35 bits per heavy atom. The standard InChI is InChI=1S/C16H21F4NO2/c17-15(18)16(19,20)23-12-9-5-4-8-11(12)13(21)14(22)10-6-2-1-3-7-10/h4-5,8-10,13-15,22H,1-3,6-7,21H2/t13-,14+/m0/s1. The number of nitrogens with two attached hydrogens (primary N) is 1. The molecule has 1 aromatic rings. The van der Waals surface area contributed by atoms with Crippen molar-refractivity contribution in [3.8, 4) is 5.75 Å². The Morgan fingerprint density at radius 1 is 1.13 bits per heavy atom. The first-order valence-corrected chi connectivity index (χ1v) is 7.70. The van der Waals surface area contributed by atoms with Gasteiger partial charge in [-0.05, 0) is 24.8 Å². The Morgan fingerprint density at radius 2 is 1.74 bits per heavy atom. The number of aliphatic hydroxyl groups excluding tert-OH is 1. The third-order valence-electron chi connectivity index (χ3n) is 4.28. The Bertz CT molecular complexity index is 507. The Hall–Kier alpha value is -1.34. The predicted octanol–water partition coefficient (Wildman–Crippen LogP) is 3.86. The van der Waals surface area contributed by atoms with Crippen LogP contribution in [-0.4, -0.2) is 23.7 Å².